The first kappa shape index (κ1) is 14.6. The van der Waals surface area contributed by atoms with Crippen molar-refractivity contribution < 1.29 is 4.79 Å². The lowest BCUT2D eigenvalue weighted by Crippen LogP contribution is -2.25. The molecule has 1 aromatic carbocycles. The van der Waals surface area contributed by atoms with E-state index in [-0.39, 0.29) is 5.91 Å². The van der Waals surface area contributed by atoms with Crippen LogP contribution < -0.4 is 4.90 Å². The number of nitrogens with zero attached hydrogens (tertiary/aromatic N) is 2. The molecule has 0 aliphatic carbocycles. The van der Waals surface area contributed by atoms with E-state index < -0.39 is 0 Å². The molecule has 0 atom stereocenters. The van der Waals surface area contributed by atoms with Crippen LogP contribution in [-0.2, 0) is 6.54 Å². The topological polar surface area (TPSA) is 23.6 Å². The van der Waals surface area contributed by atoms with Crippen molar-refractivity contribution >= 4 is 22.9 Å². The lowest BCUT2D eigenvalue weighted by atomic mass is 10.2. The second-order valence-corrected chi connectivity index (χ2v) is 6.42. The number of rotatable bonds is 4. The molecule has 0 saturated carbocycles. The zero-order chi connectivity index (χ0) is 14.7. The van der Waals surface area contributed by atoms with Gasteiger partial charge in [0.15, 0.2) is 0 Å². The third kappa shape index (κ3) is 3.39. The molecule has 106 valence electrons. The number of hydrogen-bond acceptors (Lipinski definition) is 3. The molecule has 0 radical (unpaired) electrons. The third-order valence-corrected chi connectivity index (χ3v) is 4.16. The number of hydrogen-bond donors (Lipinski definition) is 0. The van der Waals surface area contributed by atoms with Gasteiger partial charge in [-0.1, -0.05) is 12.1 Å². The molecule has 1 amide bonds. The molecule has 0 bridgehead atoms. The Morgan fingerprint density at radius 2 is 1.70 bits per heavy atom. The van der Waals surface area contributed by atoms with Crippen LogP contribution >= 0.6 is 11.3 Å². The van der Waals surface area contributed by atoms with Crippen LogP contribution in [0.15, 0.2) is 36.4 Å². The molecular formula is C16H20N2OS. The van der Waals surface area contributed by atoms with Gasteiger partial charge in [0.2, 0.25) is 0 Å². The number of carbonyl (C=O) groups excluding carboxylic acids is 1. The summed E-state index contributed by atoms with van der Waals surface area (Å²) in [6, 6.07) is 12.2. The second-order valence-electron chi connectivity index (χ2n) is 5.13. The second kappa shape index (κ2) is 6.09. The van der Waals surface area contributed by atoms with E-state index in [4.69, 9.17) is 0 Å². The molecule has 2 aromatic rings. The Morgan fingerprint density at radius 3 is 2.20 bits per heavy atom. The van der Waals surface area contributed by atoms with Crippen LogP contribution in [-0.4, -0.2) is 32.0 Å². The summed E-state index contributed by atoms with van der Waals surface area (Å²) >= 11 is 1.54. The summed E-state index contributed by atoms with van der Waals surface area (Å²) < 4.78 is 0. The fourth-order valence-electron chi connectivity index (χ4n) is 1.98. The van der Waals surface area contributed by atoms with Gasteiger partial charge in [-0.2, -0.15) is 0 Å². The molecule has 3 nitrogen and oxygen atoms in total. The molecule has 0 aliphatic heterocycles. The number of anilines is 1. The Bertz CT molecular complexity index is 587. The van der Waals surface area contributed by atoms with Gasteiger partial charge in [-0.05, 0) is 36.8 Å². The highest BCUT2D eigenvalue weighted by Gasteiger charge is 2.13. The number of thiophene rings is 1. The summed E-state index contributed by atoms with van der Waals surface area (Å²) in [6.07, 6.45) is 0. The zero-order valence-corrected chi connectivity index (χ0v) is 13.2. The van der Waals surface area contributed by atoms with Gasteiger partial charge in [-0.3, -0.25) is 4.79 Å². The quantitative estimate of drug-likeness (QED) is 0.861. The first-order chi connectivity index (χ1) is 9.47. The van der Waals surface area contributed by atoms with E-state index in [9.17, 15) is 4.79 Å². The van der Waals surface area contributed by atoms with E-state index in [1.54, 1.807) is 16.2 Å². The van der Waals surface area contributed by atoms with E-state index in [1.165, 1.54) is 0 Å². The Morgan fingerprint density at radius 1 is 1.05 bits per heavy atom. The van der Waals surface area contributed by atoms with Crippen molar-refractivity contribution in [2.45, 2.75) is 13.5 Å². The standard InChI is InChI=1S/C16H20N2OS/c1-12-5-10-15(20-12)16(19)18(4)11-13-6-8-14(9-7-13)17(2)3/h5-10H,11H2,1-4H3. The van der Waals surface area contributed by atoms with E-state index in [0.29, 0.717) is 6.54 Å². The zero-order valence-electron chi connectivity index (χ0n) is 12.4. The maximum absolute atomic E-state index is 12.3. The first-order valence-corrected chi connectivity index (χ1v) is 7.37. The lowest BCUT2D eigenvalue weighted by Gasteiger charge is -2.17. The third-order valence-electron chi connectivity index (χ3n) is 3.17. The Kier molecular flexibility index (Phi) is 4.45. The molecule has 0 fully saturated rings. The average Bonchev–Trinajstić information content (AvgIpc) is 2.85. The van der Waals surface area contributed by atoms with E-state index in [2.05, 4.69) is 29.2 Å². The van der Waals surface area contributed by atoms with Crippen molar-refractivity contribution in [2.75, 3.05) is 26.0 Å². The molecule has 0 N–H and O–H groups in total. The Hall–Kier alpha value is -1.81. The van der Waals surface area contributed by atoms with Crippen molar-refractivity contribution in [2.24, 2.45) is 0 Å². The van der Waals surface area contributed by atoms with Gasteiger partial charge in [0.25, 0.3) is 5.91 Å². The first-order valence-electron chi connectivity index (χ1n) is 6.55. The summed E-state index contributed by atoms with van der Waals surface area (Å²) in [7, 11) is 5.88. The smallest absolute Gasteiger partial charge is 0.263 e. The maximum Gasteiger partial charge on any atom is 0.263 e. The van der Waals surface area contributed by atoms with Crippen LogP contribution in [0.4, 0.5) is 5.69 Å². The van der Waals surface area contributed by atoms with E-state index in [0.717, 1.165) is 21.0 Å². The summed E-state index contributed by atoms with van der Waals surface area (Å²) in [6.45, 7) is 2.64. The maximum atomic E-state index is 12.3. The van der Waals surface area contributed by atoms with E-state index >= 15 is 0 Å². The van der Waals surface area contributed by atoms with Gasteiger partial charge in [-0.15, -0.1) is 11.3 Å². The van der Waals surface area contributed by atoms with E-state index in [1.807, 2.05) is 40.2 Å². The van der Waals surface area contributed by atoms with Gasteiger partial charge in [0.1, 0.15) is 0 Å². The molecule has 20 heavy (non-hydrogen) atoms. The van der Waals surface area contributed by atoms with Crippen molar-refractivity contribution in [3.63, 3.8) is 0 Å². The average molecular weight is 288 g/mol. The normalized spacial score (nSPS) is 10.4. The highest BCUT2D eigenvalue weighted by atomic mass is 32.1. The number of benzene rings is 1. The highest BCUT2D eigenvalue weighted by Crippen LogP contribution is 2.18. The molecule has 0 unspecified atom stereocenters. The fourth-order valence-corrected chi connectivity index (χ4v) is 2.84. The van der Waals surface area contributed by atoms with Gasteiger partial charge in [-0.25, -0.2) is 0 Å². The molecule has 0 aliphatic rings. The van der Waals surface area contributed by atoms with Crippen molar-refractivity contribution in [1.82, 2.24) is 4.90 Å². The molecule has 4 heteroatoms. The monoisotopic (exact) mass is 288 g/mol. The van der Waals surface area contributed by atoms with Crippen molar-refractivity contribution in [3.05, 3.63) is 51.7 Å². The van der Waals surface area contributed by atoms with Gasteiger partial charge >= 0.3 is 0 Å². The predicted molar refractivity (Wildman–Crippen MR) is 85.6 cm³/mol. The minimum atomic E-state index is 0.0831. The Balaban J connectivity index is 2.03. The summed E-state index contributed by atoms with van der Waals surface area (Å²) in [4.78, 5) is 18.1. The van der Waals surface area contributed by atoms with Crippen molar-refractivity contribution in [1.29, 1.82) is 0 Å². The van der Waals surface area contributed by atoms with Crippen LogP contribution in [0.3, 0.4) is 0 Å². The number of carbonyl (C=O) groups is 1. The minimum absolute atomic E-state index is 0.0831. The molecule has 0 saturated heterocycles. The van der Waals surface area contributed by atoms with Crippen LogP contribution in [0.1, 0.15) is 20.1 Å². The van der Waals surface area contributed by atoms with Crippen LogP contribution in [0.2, 0.25) is 0 Å². The van der Waals surface area contributed by atoms with Gasteiger partial charge in [0.05, 0.1) is 4.88 Å². The molecule has 1 heterocycles. The fraction of sp³-hybridized carbons (Fsp3) is 0.312. The SMILES string of the molecule is Cc1ccc(C(=O)N(C)Cc2ccc(N(C)C)cc2)s1. The summed E-state index contributed by atoms with van der Waals surface area (Å²) in [5.74, 6) is 0.0831. The predicted octanol–water partition coefficient (Wildman–Crippen LogP) is 3.39. The lowest BCUT2D eigenvalue weighted by molar-refractivity contribution is 0.0790. The molecule has 2 rings (SSSR count). The number of aryl methyl sites for hydroxylation is 1. The largest absolute Gasteiger partial charge is 0.378 e. The summed E-state index contributed by atoms with van der Waals surface area (Å²) in [5.41, 5.74) is 2.30. The number of amides is 1. The highest BCUT2D eigenvalue weighted by molar-refractivity contribution is 7.13. The molecular weight excluding hydrogens is 268 g/mol. The van der Waals surface area contributed by atoms with Gasteiger partial charge in [0, 0.05) is 38.3 Å². The van der Waals surface area contributed by atoms with Crippen LogP contribution in [0, 0.1) is 6.92 Å². The van der Waals surface area contributed by atoms with Crippen LogP contribution in [0.25, 0.3) is 0 Å². The molecule has 0 spiro atoms. The van der Waals surface area contributed by atoms with Crippen LogP contribution in [0.5, 0.6) is 0 Å². The minimum Gasteiger partial charge on any atom is -0.378 e. The van der Waals surface area contributed by atoms with Crippen molar-refractivity contribution in [3.8, 4) is 0 Å². The Labute approximate surface area is 124 Å². The summed E-state index contributed by atoms with van der Waals surface area (Å²) in [5, 5.41) is 0. The van der Waals surface area contributed by atoms with Gasteiger partial charge < -0.3 is 9.80 Å². The molecule has 1 aromatic heterocycles.